The number of hydrogen-bond donors (Lipinski definition) is 2. The second kappa shape index (κ2) is 5.61. The number of rotatable bonds is 2. The van der Waals surface area contributed by atoms with Gasteiger partial charge in [-0.1, -0.05) is 18.2 Å². The van der Waals surface area contributed by atoms with Crippen molar-refractivity contribution >= 4 is 11.9 Å². The van der Waals surface area contributed by atoms with Crippen LogP contribution < -0.4 is 16.2 Å². The van der Waals surface area contributed by atoms with Crippen LogP contribution in [0.2, 0.25) is 0 Å². The van der Waals surface area contributed by atoms with E-state index in [-0.39, 0.29) is 5.69 Å². The topological polar surface area (TPSA) is 73.6 Å². The molecule has 1 heterocycles. The Morgan fingerprint density at radius 2 is 1.79 bits per heavy atom. The summed E-state index contributed by atoms with van der Waals surface area (Å²) < 4.78 is 43.9. The molecule has 0 saturated heterocycles. The lowest BCUT2D eigenvalue weighted by Gasteiger charge is -2.38. The minimum atomic E-state index is -4.44. The minimum absolute atomic E-state index is 0.171. The molecule has 2 atom stereocenters. The van der Waals surface area contributed by atoms with Gasteiger partial charge in [-0.3, -0.25) is 4.99 Å². The summed E-state index contributed by atoms with van der Waals surface area (Å²) in [5.74, 6) is 0.646. The SMILES string of the molecule is COc1ccc(C2(N)c3ccc(C(F)(F)F)cc3N=CC2N)cc1. The number of nitrogens with zero attached hydrogens (tertiary/aromatic N) is 1. The van der Waals surface area contributed by atoms with Crippen molar-refractivity contribution in [3.8, 4) is 5.75 Å². The van der Waals surface area contributed by atoms with Gasteiger partial charge < -0.3 is 16.2 Å². The average Bonchev–Trinajstić information content (AvgIpc) is 2.57. The van der Waals surface area contributed by atoms with Crippen LogP contribution >= 0.6 is 0 Å². The Balaban J connectivity index is 2.14. The number of hydrogen-bond acceptors (Lipinski definition) is 4. The van der Waals surface area contributed by atoms with Gasteiger partial charge in [0, 0.05) is 11.8 Å². The lowest BCUT2D eigenvalue weighted by molar-refractivity contribution is -0.137. The van der Waals surface area contributed by atoms with E-state index >= 15 is 0 Å². The molecule has 126 valence electrons. The normalized spacial score (nSPS) is 23.0. The van der Waals surface area contributed by atoms with Crippen molar-refractivity contribution in [2.24, 2.45) is 16.5 Å². The molecule has 0 bridgehead atoms. The first-order valence-electron chi connectivity index (χ1n) is 7.21. The van der Waals surface area contributed by atoms with Crippen LogP contribution in [0, 0.1) is 0 Å². The van der Waals surface area contributed by atoms with Crippen LogP contribution in [0.25, 0.3) is 0 Å². The Morgan fingerprint density at radius 3 is 2.38 bits per heavy atom. The van der Waals surface area contributed by atoms with Crippen LogP contribution in [0.3, 0.4) is 0 Å². The Hall–Kier alpha value is -2.38. The zero-order valence-corrected chi connectivity index (χ0v) is 12.8. The maximum Gasteiger partial charge on any atom is 0.416 e. The Bertz CT molecular complexity index is 787. The zero-order chi connectivity index (χ0) is 17.5. The van der Waals surface area contributed by atoms with Gasteiger partial charge in [0.15, 0.2) is 0 Å². The van der Waals surface area contributed by atoms with E-state index in [1.54, 1.807) is 31.4 Å². The highest BCUT2D eigenvalue weighted by Crippen LogP contribution is 2.41. The average molecular weight is 335 g/mol. The summed E-state index contributed by atoms with van der Waals surface area (Å²) in [7, 11) is 1.54. The van der Waals surface area contributed by atoms with Gasteiger partial charge in [0.1, 0.15) is 5.75 Å². The summed E-state index contributed by atoms with van der Waals surface area (Å²) >= 11 is 0. The number of ether oxygens (including phenoxy) is 1. The molecule has 0 fully saturated rings. The zero-order valence-electron chi connectivity index (χ0n) is 12.8. The van der Waals surface area contributed by atoms with Gasteiger partial charge in [0.2, 0.25) is 0 Å². The fourth-order valence-corrected chi connectivity index (χ4v) is 2.84. The maximum absolute atomic E-state index is 12.9. The van der Waals surface area contributed by atoms with Gasteiger partial charge in [0.25, 0.3) is 0 Å². The van der Waals surface area contributed by atoms with Gasteiger partial charge in [-0.05, 0) is 29.8 Å². The summed E-state index contributed by atoms with van der Waals surface area (Å²) in [6.07, 6.45) is -3.06. The number of nitrogens with two attached hydrogens (primary N) is 2. The number of methoxy groups -OCH3 is 1. The first-order valence-corrected chi connectivity index (χ1v) is 7.21. The van der Waals surface area contributed by atoms with Crippen molar-refractivity contribution in [1.82, 2.24) is 0 Å². The van der Waals surface area contributed by atoms with Gasteiger partial charge in [-0.25, -0.2) is 0 Å². The first kappa shape index (κ1) is 16.5. The maximum atomic E-state index is 12.9. The second-order valence-electron chi connectivity index (χ2n) is 5.63. The molecule has 4 nitrogen and oxygen atoms in total. The molecule has 3 rings (SSSR count). The van der Waals surface area contributed by atoms with Crippen LogP contribution in [0.4, 0.5) is 18.9 Å². The van der Waals surface area contributed by atoms with Crippen molar-refractivity contribution in [3.05, 3.63) is 59.2 Å². The van der Waals surface area contributed by atoms with E-state index in [0.29, 0.717) is 16.9 Å². The molecule has 0 amide bonds. The summed E-state index contributed by atoms with van der Waals surface area (Å²) in [6, 6.07) is 9.62. The molecular weight excluding hydrogens is 319 g/mol. The molecule has 24 heavy (non-hydrogen) atoms. The van der Waals surface area contributed by atoms with Gasteiger partial charge >= 0.3 is 6.18 Å². The van der Waals surface area contributed by atoms with Crippen molar-refractivity contribution in [2.45, 2.75) is 17.8 Å². The van der Waals surface area contributed by atoms with Gasteiger partial charge in [-0.15, -0.1) is 0 Å². The lowest BCUT2D eigenvalue weighted by atomic mass is 9.76. The molecule has 0 aliphatic carbocycles. The highest BCUT2D eigenvalue weighted by Gasteiger charge is 2.41. The Kier molecular flexibility index (Phi) is 3.85. The third-order valence-corrected chi connectivity index (χ3v) is 4.24. The standard InChI is InChI=1S/C17H16F3N3O/c1-24-12-5-2-10(3-6-12)16(22)13-7-4-11(17(18,19)20)8-14(13)23-9-15(16)21/h2-9,15H,21-22H2,1H3. The van der Waals surface area contributed by atoms with E-state index in [1.807, 2.05) is 0 Å². The van der Waals surface area contributed by atoms with Crippen LogP contribution in [0.15, 0.2) is 47.5 Å². The minimum Gasteiger partial charge on any atom is -0.497 e. The van der Waals surface area contributed by atoms with E-state index in [4.69, 9.17) is 16.2 Å². The molecule has 2 aromatic rings. The fourth-order valence-electron chi connectivity index (χ4n) is 2.84. The number of halogens is 3. The monoisotopic (exact) mass is 335 g/mol. The molecule has 1 aliphatic heterocycles. The molecule has 1 aliphatic rings. The van der Waals surface area contributed by atoms with Crippen LogP contribution in [-0.4, -0.2) is 19.4 Å². The molecule has 0 spiro atoms. The Morgan fingerprint density at radius 1 is 1.12 bits per heavy atom. The molecule has 7 heteroatoms. The molecule has 2 unspecified atom stereocenters. The highest BCUT2D eigenvalue weighted by molar-refractivity contribution is 5.79. The van der Waals surface area contributed by atoms with Gasteiger partial charge in [0.05, 0.1) is 29.9 Å². The summed E-state index contributed by atoms with van der Waals surface area (Å²) in [4.78, 5) is 4.05. The second-order valence-corrected chi connectivity index (χ2v) is 5.63. The lowest BCUT2D eigenvalue weighted by Crippen LogP contribution is -2.55. The first-order chi connectivity index (χ1) is 11.3. The number of fused-ring (bicyclic) bond motifs is 1. The Labute approximate surface area is 136 Å². The largest absolute Gasteiger partial charge is 0.497 e. The molecule has 0 aromatic heterocycles. The molecule has 0 saturated carbocycles. The van der Waals surface area contributed by atoms with E-state index < -0.39 is 23.3 Å². The highest BCUT2D eigenvalue weighted by atomic mass is 19.4. The van der Waals surface area contributed by atoms with Crippen molar-refractivity contribution in [3.63, 3.8) is 0 Å². The van der Waals surface area contributed by atoms with E-state index in [1.165, 1.54) is 12.3 Å². The predicted octanol–water partition coefficient (Wildman–Crippen LogP) is 2.96. The molecule has 2 aromatic carbocycles. The summed E-state index contributed by atoms with van der Waals surface area (Å²) in [5, 5.41) is 0. The smallest absolute Gasteiger partial charge is 0.416 e. The van der Waals surface area contributed by atoms with Crippen LogP contribution in [0.5, 0.6) is 5.75 Å². The van der Waals surface area contributed by atoms with Crippen molar-refractivity contribution in [1.29, 1.82) is 0 Å². The molecular formula is C17H16F3N3O. The summed E-state index contributed by atoms with van der Waals surface area (Å²) in [6.45, 7) is 0. The molecule has 4 N–H and O–H groups in total. The predicted molar refractivity (Wildman–Crippen MR) is 85.5 cm³/mol. The van der Waals surface area contributed by atoms with Crippen LogP contribution in [-0.2, 0) is 11.7 Å². The quantitative estimate of drug-likeness (QED) is 0.886. The fraction of sp³-hybridized carbons (Fsp3) is 0.235. The third kappa shape index (κ3) is 2.55. The number of benzene rings is 2. The van der Waals surface area contributed by atoms with Crippen molar-refractivity contribution in [2.75, 3.05) is 7.11 Å². The van der Waals surface area contributed by atoms with E-state index in [9.17, 15) is 13.2 Å². The number of alkyl halides is 3. The van der Waals surface area contributed by atoms with Crippen LogP contribution in [0.1, 0.15) is 16.7 Å². The van der Waals surface area contributed by atoms with E-state index in [2.05, 4.69) is 4.99 Å². The van der Waals surface area contributed by atoms with Crippen molar-refractivity contribution < 1.29 is 17.9 Å². The number of aliphatic imine (C=N–C) groups is 1. The van der Waals surface area contributed by atoms with Gasteiger partial charge in [-0.2, -0.15) is 13.2 Å². The van der Waals surface area contributed by atoms with E-state index in [0.717, 1.165) is 12.1 Å². The third-order valence-electron chi connectivity index (χ3n) is 4.24. The summed E-state index contributed by atoms with van der Waals surface area (Å²) in [5.41, 5.74) is 12.0. The molecule has 0 radical (unpaired) electrons.